The van der Waals surface area contributed by atoms with Crippen LogP contribution in [0.2, 0.25) is 0 Å². The van der Waals surface area contributed by atoms with E-state index in [-0.39, 0.29) is 75.3 Å². The number of amides is 6. The molecule has 1 aliphatic rings. The minimum Gasteiger partial charge on any atom is -0.392 e. The number of halogens is 1. The minimum absolute atomic E-state index is 0.0110. The van der Waals surface area contributed by atoms with Crippen molar-refractivity contribution in [1.29, 1.82) is 5.41 Å². The van der Waals surface area contributed by atoms with Gasteiger partial charge in [0.1, 0.15) is 69.0 Å². The van der Waals surface area contributed by atoms with Gasteiger partial charge in [0, 0.05) is 91.3 Å². The zero-order valence-corrected chi connectivity index (χ0v) is 66.6. The Kier molecular flexibility index (Phi) is 24.0. The smallest absolute Gasteiger partial charge is 0.252 e. The summed E-state index contributed by atoms with van der Waals surface area (Å²) in [6.45, 7) is 19.6. The van der Waals surface area contributed by atoms with Gasteiger partial charge in [0.05, 0.1) is 93.2 Å². The maximum atomic E-state index is 11.9. The van der Waals surface area contributed by atoms with Crippen molar-refractivity contribution < 1.29 is 33.9 Å². The highest BCUT2D eigenvalue weighted by atomic mass is 35.5. The number of aromatic nitrogens is 10. The van der Waals surface area contributed by atoms with Crippen LogP contribution in [0.25, 0.3) is 110 Å². The summed E-state index contributed by atoms with van der Waals surface area (Å²) in [7, 11) is 0. The van der Waals surface area contributed by atoms with E-state index in [2.05, 4.69) is 50.0 Å². The van der Waals surface area contributed by atoms with Crippen LogP contribution in [0.3, 0.4) is 0 Å². The van der Waals surface area contributed by atoms with Crippen molar-refractivity contribution in [2.45, 2.75) is 112 Å². The molecule has 33 heteroatoms. The van der Waals surface area contributed by atoms with Gasteiger partial charge in [0.15, 0.2) is 0 Å². The van der Waals surface area contributed by atoms with E-state index in [0.717, 1.165) is 112 Å². The number of carbonyl (C=O) groups is 6. The van der Waals surface area contributed by atoms with Gasteiger partial charge in [-0.3, -0.25) is 33.8 Å². The Morgan fingerprint density at radius 3 is 1.17 bits per heavy atom. The molecule has 1 unspecified atom stereocenters. The highest BCUT2D eigenvalue weighted by molar-refractivity contribution is 6.27. The Bertz CT molecular complexity index is 6500. The first-order valence-electron chi connectivity index (χ1n) is 37.7. The summed E-state index contributed by atoms with van der Waals surface area (Å²) >= 11 is 5.61. The third kappa shape index (κ3) is 17.1. The van der Waals surface area contributed by atoms with Gasteiger partial charge in [-0.1, -0.05) is 105 Å². The molecule has 0 saturated heterocycles. The molecule has 6 amide bonds. The first-order valence-corrected chi connectivity index (χ1v) is 38.2. The van der Waals surface area contributed by atoms with E-state index in [4.69, 9.17) is 79.3 Å². The SMILES string of the molecule is CC(C)(Cn1c2ccccc2c2cc(C(N)=O)c(N)nc21)NC(=O)CCl.CC(C)C(=N)Cn1c2ccccc2c2cc(C(N)=O)c(N)nc21.CC(C)Nc1nc2c(cc1C(N)=O)c1ccccc1n2C[C@H](C)N.CC(O)Cn1c2ccccc2c2cc(C(N)=O)c(N)nc21.NC(=O)c1cc2c3ccccc3n(CC3=NCCN3)c2nc1N. The van der Waals surface area contributed by atoms with E-state index in [1.54, 1.807) is 31.2 Å². The number of nitrogen functional groups attached to an aromatic ring is 4. The highest BCUT2D eigenvalue weighted by Crippen LogP contribution is 2.37. The summed E-state index contributed by atoms with van der Waals surface area (Å²) in [5.41, 5.74) is 66.3. The molecule has 32 nitrogen and oxygen atoms in total. The van der Waals surface area contributed by atoms with Gasteiger partial charge in [-0.25, -0.2) is 24.9 Å². The van der Waals surface area contributed by atoms with Gasteiger partial charge >= 0.3 is 0 Å². The normalized spacial score (nSPS) is 12.6. The molecule has 0 radical (unpaired) electrons. The molecule has 0 bridgehead atoms. The van der Waals surface area contributed by atoms with E-state index in [0.29, 0.717) is 66.8 Å². The number of benzene rings is 5. The number of amidine groups is 1. The summed E-state index contributed by atoms with van der Waals surface area (Å²) in [6.07, 6.45) is -0.525. The van der Waals surface area contributed by atoms with Crippen molar-refractivity contribution in [2.24, 2.45) is 45.3 Å². The number of pyridine rings is 5. The number of hydrogen-bond acceptors (Lipinski definition) is 21. The molecule has 0 aliphatic carbocycles. The Morgan fingerprint density at radius 2 is 0.821 bits per heavy atom. The molecular weight excluding hydrogens is 1510 g/mol. The summed E-state index contributed by atoms with van der Waals surface area (Å²) in [5.74, 6) is -1.21. The second kappa shape index (κ2) is 34.0. The number of hydrogen-bond donors (Lipinski definition) is 15. The van der Waals surface area contributed by atoms with Gasteiger partial charge < -0.3 is 107 Å². The standard InChI is InChI=1S/C18H20ClN5O2.C18H23N5O.C17H19N5O.C16H16N6O.C15H16N4O2/c1-18(2,23-14(25)8-19)9-24-13-6-4-3-5-10(13)11-7-12(16(21)26)15(20)22-17(11)24;1-10(2)21-17-14(16(20)24)8-13-12-6-4-5-7-15(12)23(9-11(3)19)18(13)22-17;1-9(2)13(18)8-22-14-6-4-3-5-10(14)11-7-12(16(20)23)15(19)21-17(11)22;17-14-11(15(18)23)7-10-9-3-1-2-4-12(9)22(16(10)21-14)8-13-19-5-6-20-13;1-8(20)7-19-12-5-3-2-4-9(12)10-6-11(14(17)21)13(16)18-15(10)19/h3-7H,8-9H2,1-2H3,(H2,20,22)(H2,21,26)(H,23,25);4-8,10-11H,9,19H2,1-3H3,(H2,20,24)(H,21,22);3-7,9,18H,8H2,1-2H3,(H2,19,21)(H2,20,23);1-4,7H,5-6,8H2,(H2,17,21)(H2,18,23)(H,19,20);2-6,8,20H,7H2,1H3,(H2,16,18)(H2,17,21)/t;11-;;;/m.0.../s1. The lowest BCUT2D eigenvalue weighted by molar-refractivity contribution is -0.120. The molecule has 117 heavy (non-hydrogen) atoms. The average Bonchev–Trinajstić information content (AvgIpc) is 1.63. The number of nitrogens with two attached hydrogens (primary N) is 10. The number of aliphatic imine (C=N–C) groups is 1. The van der Waals surface area contributed by atoms with Crippen molar-refractivity contribution in [2.75, 3.05) is 47.2 Å². The highest BCUT2D eigenvalue weighted by Gasteiger charge is 2.28. The molecule has 25 N–H and O–H groups in total. The second-order valence-electron chi connectivity index (χ2n) is 29.9. The lowest BCUT2D eigenvalue weighted by Gasteiger charge is -2.27. The third-order valence-corrected chi connectivity index (χ3v) is 20.0. The van der Waals surface area contributed by atoms with Crippen LogP contribution in [0.15, 0.2) is 157 Å². The van der Waals surface area contributed by atoms with Gasteiger partial charge in [0.25, 0.3) is 29.5 Å². The summed E-state index contributed by atoms with van der Waals surface area (Å²) < 4.78 is 10.00. The topological polar surface area (TPSA) is 544 Å². The quantitative estimate of drug-likeness (QED) is 0.0250. The molecule has 604 valence electrons. The van der Waals surface area contributed by atoms with Crippen molar-refractivity contribution in [3.05, 3.63) is 179 Å². The van der Waals surface area contributed by atoms with Crippen molar-refractivity contribution in [3.63, 3.8) is 0 Å². The number of nitrogens with zero attached hydrogens (tertiary/aromatic N) is 11. The van der Waals surface area contributed by atoms with Gasteiger partial charge in [0.2, 0.25) is 5.91 Å². The molecular formula is C84H94ClN25O7. The number of para-hydroxylation sites is 5. The number of fused-ring (bicyclic) bond motifs is 15. The molecule has 0 spiro atoms. The lowest BCUT2D eigenvalue weighted by atomic mass is 10.1. The van der Waals surface area contributed by atoms with E-state index >= 15 is 0 Å². The number of primary amides is 5. The van der Waals surface area contributed by atoms with Crippen LogP contribution in [0.5, 0.6) is 0 Å². The summed E-state index contributed by atoms with van der Waals surface area (Å²) in [4.78, 5) is 96.5. The molecule has 16 rings (SSSR count). The van der Waals surface area contributed by atoms with Crippen LogP contribution in [0.1, 0.15) is 107 Å². The Labute approximate surface area is 675 Å². The van der Waals surface area contributed by atoms with E-state index < -0.39 is 41.2 Å². The van der Waals surface area contributed by atoms with E-state index in [1.165, 1.54) is 0 Å². The predicted molar refractivity (Wildman–Crippen MR) is 466 cm³/mol. The largest absolute Gasteiger partial charge is 0.392 e. The zero-order valence-electron chi connectivity index (χ0n) is 65.9. The number of rotatable bonds is 20. The molecule has 5 aromatic carbocycles. The van der Waals surface area contributed by atoms with Crippen molar-refractivity contribution in [1.82, 2.24) is 58.4 Å². The van der Waals surface area contributed by atoms with Crippen LogP contribution in [0, 0.1) is 11.3 Å². The molecule has 0 fully saturated rings. The third-order valence-electron chi connectivity index (χ3n) is 19.7. The number of anilines is 5. The predicted octanol–water partition coefficient (Wildman–Crippen LogP) is 9.13. The number of nitrogens with one attached hydrogen (secondary N) is 4. The molecule has 2 atom stereocenters. The molecule has 1 aliphatic heterocycles. The molecule has 11 heterocycles. The lowest BCUT2D eigenvalue weighted by Crippen LogP contribution is -2.47. The average molecular weight is 1600 g/mol. The number of carbonyl (C=O) groups excluding carboxylic acids is 6. The van der Waals surface area contributed by atoms with Crippen LogP contribution in [-0.4, -0.2) is 143 Å². The Morgan fingerprint density at radius 1 is 0.487 bits per heavy atom. The zero-order chi connectivity index (χ0) is 84.3. The molecule has 0 saturated carbocycles. The van der Waals surface area contributed by atoms with Gasteiger partial charge in [-0.05, 0) is 108 Å². The van der Waals surface area contributed by atoms with Crippen LogP contribution >= 0.6 is 11.6 Å². The fraction of sp³-hybridized carbons (Fsp3) is 0.250. The van der Waals surface area contributed by atoms with E-state index in [9.17, 15) is 33.9 Å². The molecule has 15 aromatic rings. The van der Waals surface area contributed by atoms with Crippen molar-refractivity contribution in [3.8, 4) is 0 Å². The maximum absolute atomic E-state index is 11.9. The van der Waals surface area contributed by atoms with Crippen molar-refractivity contribution >= 4 is 197 Å². The number of alkyl halides is 1. The number of aliphatic hydroxyl groups excluding tert-OH is 1. The second-order valence-corrected chi connectivity index (χ2v) is 30.2. The first kappa shape index (κ1) is 82.5. The Hall–Kier alpha value is -14.0. The molecule has 10 aromatic heterocycles. The van der Waals surface area contributed by atoms with Crippen LogP contribution in [-0.2, 0) is 37.5 Å². The summed E-state index contributed by atoms with van der Waals surface area (Å²) in [6, 6.07) is 47.9. The fourth-order valence-corrected chi connectivity index (χ4v) is 14.6. The van der Waals surface area contributed by atoms with Gasteiger partial charge in [-0.15, -0.1) is 11.6 Å². The monoisotopic (exact) mass is 1600 g/mol. The Balaban J connectivity index is 0.000000135. The fourth-order valence-electron chi connectivity index (χ4n) is 14.5. The minimum atomic E-state index is -0.622. The van der Waals surface area contributed by atoms with Crippen LogP contribution in [0.4, 0.5) is 29.1 Å². The van der Waals surface area contributed by atoms with E-state index in [1.807, 2.05) is 190 Å². The van der Waals surface area contributed by atoms with Gasteiger partial charge in [-0.2, -0.15) is 0 Å². The number of aliphatic hydroxyl groups is 1. The first-order chi connectivity index (χ1) is 55.6. The van der Waals surface area contributed by atoms with Crippen LogP contribution < -0.4 is 73.3 Å². The maximum Gasteiger partial charge on any atom is 0.252 e. The summed E-state index contributed by atoms with van der Waals surface area (Å²) in [5, 5.41) is 36.3.